The molecule has 1 fully saturated rings. The number of rotatable bonds is 6. The van der Waals surface area contributed by atoms with E-state index in [0.717, 1.165) is 19.5 Å². The van der Waals surface area contributed by atoms with Crippen molar-refractivity contribution in [2.24, 2.45) is 0 Å². The van der Waals surface area contributed by atoms with Gasteiger partial charge in [0.1, 0.15) is 0 Å². The molecule has 0 spiro atoms. The van der Waals surface area contributed by atoms with E-state index in [2.05, 4.69) is 17.1 Å². The van der Waals surface area contributed by atoms with Gasteiger partial charge in [-0.15, -0.1) is 0 Å². The summed E-state index contributed by atoms with van der Waals surface area (Å²) in [5.74, 6) is 0. The van der Waals surface area contributed by atoms with Gasteiger partial charge >= 0.3 is 0 Å². The normalized spacial score (nSPS) is 20.8. The lowest BCUT2D eigenvalue weighted by molar-refractivity contribution is 0.270. The smallest absolute Gasteiger partial charge is 0.0443 e. The summed E-state index contributed by atoms with van der Waals surface area (Å²) in [6, 6.07) is 0.560. The predicted octanol–water partition coefficient (Wildman–Crippen LogP) is 0.443. The van der Waals surface area contributed by atoms with Gasteiger partial charge in [0.15, 0.2) is 0 Å². The van der Waals surface area contributed by atoms with Crippen molar-refractivity contribution < 1.29 is 5.11 Å². The Bertz CT molecular complexity index is 124. The highest BCUT2D eigenvalue weighted by atomic mass is 16.3. The minimum Gasteiger partial charge on any atom is -0.396 e. The van der Waals surface area contributed by atoms with Crippen molar-refractivity contribution in [3.8, 4) is 0 Å². The molecule has 0 aliphatic carbocycles. The van der Waals surface area contributed by atoms with E-state index in [1.807, 2.05) is 0 Å². The Morgan fingerprint density at radius 1 is 1.38 bits per heavy atom. The van der Waals surface area contributed by atoms with Crippen molar-refractivity contribution in [1.82, 2.24) is 10.2 Å². The van der Waals surface area contributed by atoms with Gasteiger partial charge in [0.05, 0.1) is 0 Å². The standard InChI is InChI=1S/C10H22N2O/c1-10(11-5-4-8-13)9-12-6-2-3-7-12/h10-11,13H,2-9H2,1H3. The van der Waals surface area contributed by atoms with Crippen LogP contribution in [-0.4, -0.2) is 48.8 Å². The monoisotopic (exact) mass is 186 g/mol. The number of nitrogens with zero attached hydrogens (tertiary/aromatic N) is 1. The lowest BCUT2D eigenvalue weighted by Crippen LogP contribution is -2.38. The molecule has 0 radical (unpaired) electrons. The molecular formula is C10H22N2O. The lowest BCUT2D eigenvalue weighted by atomic mass is 10.3. The highest BCUT2D eigenvalue weighted by molar-refractivity contribution is 4.72. The van der Waals surface area contributed by atoms with Crippen LogP contribution >= 0.6 is 0 Å². The molecule has 1 atom stereocenters. The van der Waals surface area contributed by atoms with E-state index < -0.39 is 0 Å². The number of hydrogen-bond donors (Lipinski definition) is 2. The van der Waals surface area contributed by atoms with E-state index in [1.165, 1.54) is 25.9 Å². The van der Waals surface area contributed by atoms with Crippen LogP contribution in [0.2, 0.25) is 0 Å². The molecule has 0 aromatic rings. The average Bonchev–Trinajstić information content (AvgIpc) is 2.57. The topological polar surface area (TPSA) is 35.5 Å². The van der Waals surface area contributed by atoms with E-state index in [0.29, 0.717) is 12.6 Å². The molecule has 0 aromatic carbocycles. The first-order valence-electron chi connectivity index (χ1n) is 5.39. The zero-order chi connectivity index (χ0) is 9.52. The second-order valence-electron chi connectivity index (χ2n) is 3.94. The molecule has 0 bridgehead atoms. The summed E-state index contributed by atoms with van der Waals surface area (Å²) in [7, 11) is 0. The zero-order valence-electron chi connectivity index (χ0n) is 8.63. The molecule has 0 aromatic heterocycles. The van der Waals surface area contributed by atoms with Gasteiger partial charge in [-0.05, 0) is 45.8 Å². The van der Waals surface area contributed by atoms with Gasteiger partial charge in [-0.2, -0.15) is 0 Å². The molecule has 0 amide bonds. The van der Waals surface area contributed by atoms with Crippen molar-refractivity contribution in [3.63, 3.8) is 0 Å². The summed E-state index contributed by atoms with van der Waals surface area (Å²) >= 11 is 0. The third kappa shape index (κ3) is 4.60. The van der Waals surface area contributed by atoms with E-state index >= 15 is 0 Å². The third-order valence-electron chi connectivity index (χ3n) is 2.56. The molecule has 1 aliphatic heterocycles. The van der Waals surface area contributed by atoms with Gasteiger partial charge in [-0.25, -0.2) is 0 Å². The summed E-state index contributed by atoms with van der Waals surface area (Å²) in [6.45, 7) is 7.15. The van der Waals surface area contributed by atoms with E-state index in [-0.39, 0.29) is 0 Å². The first-order valence-corrected chi connectivity index (χ1v) is 5.39. The van der Waals surface area contributed by atoms with Crippen molar-refractivity contribution in [1.29, 1.82) is 0 Å². The maximum atomic E-state index is 8.61. The fraction of sp³-hybridized carbons (Fsp3) is 1.00. The van der Waals surface area contributed by atoms with Crippen molar-refractivity contribution in [2.45, 2.75) is 32.2 Å². The highest BCUT2D eigenvalue weighted by Crippen LogP contribution is 2.07. The van der Waals surface area contributed by atoms with Crippen LogP contribution in [0, 0.1) is 0 Å². The first-order chi connectivity index (χ1) is 6.33. The van der Waals surface area contributed by atoms with Crippen LogP contribution in [0.25, 0.3) is 0 Å². The Kier molecular flexibility index (Phi) is 5.35. The van der Waals surface area contributed by atoms with Crippen LogP contribution < -0.4 is 5.32 Å². The Labute approximate surface area is 81.1 Å². The molecule has 0 saturated carbocycles. The zero-order valence-corrected chi connectivity index (χ0v) is 8.63. The van der Waals surface area contributed by atoms with E-state index in [1.54, 1.807) is 0 Å². The van der Waals surface area contributed by atoms with Crippen molar-refractivity contribution >= 4 is 0 Å². The number of hydrogen-bond acceptors (Lipinski definition) is 3. The second-order valence-corrected chi connectivity index (χ2v) is 3.94. The van der Waals surface area contributed by atoms with Gasteiger partial charge in [-0.1, -0.05) is 0 Å². The van der Waals surface area contributed by atoms with Gasteiger partial charge in [0.25, 0.3) is 0 Å². The van der Waals surface area contributed by atoms with Crippen LogP contribution in [0.15, 0.2) is 0 Å². The Morgan fingerprint density at radius 2 is 2.08 bits per heavy atom. The van der Waals surface area contributed by atoms with Gasteiger partial charge < -0.3 is 15.3 Å². The van der Waals surface area contributed by atoms with Crippen LogP contribution in [0.3, 0.4) is 0 Å². The molecule has 1 saturated heterocycles. The summed E-state index contributed by atoms with van der Waals surface area (Å²) in [5, 5.41) is 12.0. The van der Waals surface area contributed by atoms with Crippen molar-refractivity contribution in [3.05, 3.63) is 0 Å². The fourth-order valence-electron chi connectivity index (χ4n) is 1.84. The maximum absolute atomic E-state index is 8.61. The molecule has 3 nitrogen and oxygen atoms in total. The van der Waals surface area contributed by atoms with Crippen LogP contribution in [0.4, 0.5) is 0 Å². The Balaban J connectivity index is 1.99. The molecule has 2 N–H and O–H groups in total. The minimum absolute atomic E-state index is 0.295. The second kappa shape index (κ2) is 6.35. The quantitative estimate of drug-likeness (QED) is 0.591. The van der Waals surface area contributed by atoms with Crippen LogP contribution in [0.5, 0.6) is 0 Å². The van der Waals surface area contributed by atoms with E-state index in [4.69, 9.17) is 5.11 Å². The number of aliphatic hydroxyl groups excluding tert-OH is 1. The first kappa shape index (κ1) is 11.0. The lowest BCUT2D eigenvalue weighted by Gasteiger charge is -2.20. The molecule has 1 heterocycles. The third-order valence-corrected chi connectivity index (χ3v) is 2.56. The molecule has 78 valence electrons. The molecule has 1 unspecified atom stereocenters. The van der Waals surface area contributed by atoms with Gasteiger partial charge in [0.2, 0.25) is 0 Å². The summed E-state index contributed by atoms with van der Waals surface area (Å²) in [4.78, 5) is 2.51. The summed E-state index contributed by atoms with van der Waals surface area (Å²) in [5.41, 5.74) is 0. The number of nitrogens with one attached hydrogen (secondary N) is 1. The molecule has 1 rings (SSSR count). The molecular weight excluding hydrogens is 164 g/mol. The number of aliphatic hydroxyl groups is 1. The Hall–Kier alpha value is -0.120. The SMILES string of the molecule is CC(CN1CCCC1)NCCCO. The fourth-order valence-corrected chi connectivity index (χ4v) is 1.84. The predicted molar refractivity (Wildman–Crippen MR) is 54.8 cm³/mol. The maximum Gasteiger partial charge on any atom is 0.0443 e. The molecule has 1 aliphatic rings. The number of likely N-dealkylation sites (tertiary alicyclic amines) is 1. The molecule has 13 heavy (non-hydrogen) atoms. The van der Waals surface area contributed by atoms with Crippen molar-refractivity contribution in [2.75, 3.05) is 32.8 Å². The minimum atomic E-state index is 0.295. The van der Waals surface area contributed by atoms with E-state index in [9.17, 15) is 0 Å². The average molecular weight is 186 g/mol. The molecule has 3 heteroatoms. The van der Waals surface area contributed by atoms with Gasteiger partial charge in [-0.3, -0.25) is 0 Å². The van der Waals surface area contributed by atoms with Crippen LogP contribution in [0.1, 0.15) is 26.2 Å². The van der Waals surface area contributed by atoms with Crippen LogP contribution in [-0.2, 0) is 0 Å². The summed E-state index contributed by atoms with van der Waals surface area (Å²) < 4.78 is 0. The highest BCUT2D eigenvalue weighted by Gasteiger charge is 2.13. The largest absolute Gasteiger partial charge is 0.396 e. The Morgan fingerprint density at radius 3 is 2.69 bits per heavy atom. The van der Waals surface area contributed by atoms with Gasteiger partial charge in [0, 0.05) is 19.2 Å². The summed E-state index contributed by atoms with van der Waals surface area (Å²) in [6.07, 6.45) is 3.59.